The van der Waals surface area contributed by atoms with Gasteiger partial charge in [-0.1, -0.05) is 29.3 Å². The van der Waals surface area contributed by atoms with Crippen LogP contribution in [0.25, 0.3) is 0 Å². The molecule has 1 aromatic heterocycles. The van der Waals surface area contributed by atoms with Crippen LogP contribution in [0, 0.1) is 5.82 Å². The fraction of sp³-hybridized carbons (Fsp3) is 0.182. The van der Waals surface area contributed by atoms with Gasteiger partial charge in [0, 0.05) is 6.42 Å². The minimum Gasteiger partial charge on any atom is -0.386 e. The smallest absolute Gasteiger partial charge is 0.141 e. The van der Waals surface area contributed by atoms with E-state index in [1.165, 1.54) is 29.7 Å². The van der Waals surface area contributed by atoms with Crippen molar-refractivity contribution in [1.82, 2.24) is 4.98 Å². The Balaban J connectivity index is 2.12. The largest absolute Gasteiger partial charge is 0.386 e. The Morgan fingerprint density at radius 2 is 2.18 bits per heavy atom. The van der Waals surface area contributed by atoms with Gasteiger partial charge < -0.3 is 5.11 Å². The number of hydrogen-bond donors (Lipinski definition) is 1. The van der Waals surface area contributed by atoms with E-state index in [1.807, 2.05) is 0 Å². The van der Waals surface area contributed by atoms with E-state index in [-0.39, 0.29) is 5.02 Å². The summed E-state index contributed by atoms with van der Waals surface area (Å²) < 4.78 is 13.5. The Morgan fingerprint density at radius 3 is 2.76 bits per heavy atom. The summed E-state index contributed by atoms with van der Waals surface area (Å²) in [4.78, 5) is 3.98. The van der Waals surface area contributed by atoms with Crippen LogP contribution in [0.5, 0.6) is 0 Å². The van der Waals surface area contributed by atoms with Crippen molar-refractivity contribution in [3.05, 3.63) is 50.1 Å². The van der Waals surface area contributed by atoms with E-state index < -0.39 is 11.9 Å². The molecule has 1 atom stereocenters. The zero-order chi connectivity index (χ0) is 12.4. The van der Waals surface area contributed by atoms with Gasteiger partial charge in [-0.2, -0.15) is 0 Å². The number of nitrogens with zero attached hydrogens (tertiary/aromatic N) is 1. The van der Waals surface area contributed by atoms with E-state index in [4.69, 9.17) is 23.2 Å². The molecule has 90 valence electrons. The normalized spacial score (nSPS) is 12.7. The summed E-state index contributed by atoms with van der Waals surface area (Å²) in [6.45, 7) is 0. The van der Waals surface area contributed by atoms with Gasteiger partial charge in [0.05, 0.1) is 11.2 Å². The molecule has 2 nitrogen and oxygen atoms in total. The molecule has 0 aliphatic carbocycles. The molecule has 0 spiro atoms. The summed E-state index contributed by atoms with van der Waals surface area (Å²) in [6.07, 6.45) is 1.06. The molecule has 0 fully saturated rings. The van der Waals surface area contributed by atoms with Gasteiger partial charge in [-0.05, 0) is 17.7 Å². The van der Waals surface area contributed by atoms with E-state index in [0.717, 1.165) is 5.56 Å². The number of halogens is 3. The molecule has 2 rings (SSSR count). The van der Waals surface area contributed by atoms with Crippen molar-refractivity contribution in [1.29, 1.82) is 0 Å². The highest BCUT2D eigenvalue weighted by atomic mass is 35.5. The fourth-order valence-electron chi connectivity index (χ4n) is 1.40. The number of rotatable bonds is 3. The summed E-state index contributed by atoms with van der Waals surface area (Å²) in [5.41, 5.74) is 0.746. The van der Waals surface area contributed by atoms with Crippen molar-refractivity contribution in [2.75, 3.05) is 0 Å². The van der Waals surface area contributed by atoms with Gasteiger partial charge in [-0.15, -0.1) is 11.3 Å². The lowest BCUT2D eigenvalue weighted by atomic mass is 10.1. The maximum atomic E-state index is 12.9. The fourth-order valence-corrected chi connectivity index (χ4v) is 2.52. The first-order chi connectivity index (χ1) is 8.06. The van der Waals surface area contributed by atoms with E-state index >= 15 is 0 Å². The van der Waals surface area contributed by atoms with Crippen LogP contribution in [0.3, 0.4) is 0 Å². The molecular weight excluding hydrogens is 284 g/mol. The second kappa shape index (κ2) is 5.31. The van der Waals surface area contributed by atoms with E-state index in [0.29, 0.717) is 15.8 Å². The molecular formula is C11H8Cl2FNOS. The second-order valence-corrected chi connectivity index (χ2v) is 5.57. The molecule has 1 aromatic carbocycles. The Morgan fingerprint density at radius 1 is 1.41 bits per heavy atom. The highest BCUT2D eigenvalue weighted by molar-refractivity contribution is 7.15. The number of aromatic nitrogens is 1. The second-order valence-electron chi connectivity index (χ2n) is 3.47. The average Bonchev–Trinajstić information content (AvgIpc) is 2.70. The lowest BCUT2D eigenvalue weighted by Gasteiger charge is -2.07. The Labute approximate surface area is 112 Å². The number of aliphatic hydroxyl groups excluding tert-OH is 1. The van der Waals surface area contributed by atoms with Crippen LogP contribution >= 0.6 is 34.5 Å². The summed E-state index contributed by atoms with van der Waals surface area (Å²) >= 11 is 12.6. The molecule has 0 radical (unpaired) electrons. The molecule has 0 aliphatic heterocycles. The summed E-state index contributed by atoms with van der Waals surface area (Å²) in [5.74, 6) is -0.470. The van der Waals surface area contributed by atoms with Gasteiger partial charge in [-0.25, -0.2) is 9.37 Å². The highest BCUT2D eigenvalue weighted by Gasteiger charge is 2.13. The number of thiazole rings is 1. The summed E-state index contributed by atoms with van der Waals surface area (Å²) in [6, 6.07) is 4.36. The zero-order valence-electron chi connectivity index (χ0n) is 8.53. The molecule has 1 N–H and O–H groups in total. The topological polar surface area (TPSA) is 33.1 Å². The quantitative estimate of drug-likeness (QED) is 0.931. The zero-order valence-corrected chi connectivity index (χ0v) is 10.9. The lowest BCUT2D eigenvalue weighted by Crippen LogP contribution is -2.01. The van der Waals surface area contributed by atoms with E-state index in [2.05, 4.69) is 4.98 Å². The molecule has 1 unspecified atom stereocenters. The molecule has 2 aromatic rings. The van der Waals surface area contributed by atoms with E-state index in [1.54, 1.807) is 6.07 Å². The van der Waals surface area contributed by atoms with Crippen LogP contribution in [-0.2, 0) is 6.42 Å². The lowest BCUT2D eigenvalue weighted by molar-refractivity contribution is 0.178. The van der Waals surface area contributed by atoms with Gasteiger partial charge in [0.15, 0.2) is 0 Å². The van der Waals surface area contributed by atoms with Crippen LogP contribution in [0.2, 0.25) is 9.36 Å². The number of hydrogen-bond acceptors (Lipinski definition) is 3. The van der Waals surface area contributed by atoms with Crippen LogP contribution in [0.4, 0.5) is 4.39 Å². The summed E-state index contributed by atoms with van der Waals surface area (Å²) in [5, 5.41) is 10.5. The third-order valence-corrected chi connectivity index (χ3v) is 3.70. The maximum absolute atomic E-state index is 12.9. The first kappa shape index (κ1) is 12.8. The first-order valence-electron chi connectivity index (χ1n) is 4.79. The Hall–Kier alpha value is -0.680. The first-order valence-corrected chi connectivity index (χ1v) is 6.36. The number of aliphatic hydroxyl groups is 1. The van der Waals surface area contributed by atoms with Crippen LogP contribution in [-0.4, -0.2) is 10.1 Å². The van der Waals surface area contributed by atoms with Crippen LogP contribution < -0.4 is 0 Å². The van der Waals surface area contributed by atoms with Crippen molar-refractivity contribution in [2.45, 2.75) is 12.5 Å². The van der Waals surface area contributed by atoms with Crippen molar-refractivity contribution < 1.29 is 9.50 Å². The SMILES string of the molecule is OC(Cc1ccc(F)c(Cl)c1)c1ncc(Cl)s1. The average molecular weight is 292 g/mol. The third kappa shape index (κ3) is 3.16. The molecule has 0 amide bonds. The molecule has 1 heterocycles. The Bertz CT molecular complexity index is 532. The highest BCUT2D eigenvalue weighted by Crippen LogP contribution is 2.27. The van der Waals surface area contributed by atoms with Gasteiger partial charge in [0.25, 0.3) is 0 Å². The Kier molecular flexibility index (Phi) is 3.99. The standard InChI is InChI=1S/C11H8Cl2FNOS/c12-7-3-6(1-2-8(7)14)4-9(16)11-15-5-10(13)17-11/h1-3,5,9,16H,4H2. The predicted molar refractivity (Wildman–Crippen MR) is 67.2 cm³/mol. The molecule has 17 heavy (non-hydrogen) atoms. The van der Waals surface area contributed by atoms with Crippen molar-refractivity contribution in [3.63, 3.8) is 0 Å². The van der Waals surface area contributed by atoms with Gasteiger partial charge in [0.2, 0.25) is 0 Å². The minimum atomic E-state index is -0.756. The van der Waals surface area contributed by atoms with Crippen molar-refractivity contribution in [2.24, 2.45) is 0 Å². The van der Waals surface area contributed by atoms with Gasteiger partial charge in [-0.3, -0.25) is 0 Å². The minimum absolute atomic E-state index is 0.0480. The molecule has 0 saturated heterocycles. The monoisotopic (exact) mass is 291 g/mol. The maximum Gasteiger partial charge on any atom is 0.141 e. The third-order valence-electron chi connectivity index (χ3n) is 2.19. The van der Waals surface area contributed by atoms with Crippen molar-refractivity contribution >= 4 is 34.5 Å². The number of benzene rings is 1. The summed E-state index contributed by atoms with van der Waals surface area (Å²) in [7, 11) is 0. The molecule has 0 aliphatic rings. The van der Waals surface area contributed by atoms with Gasteiger partial charge in [0.1, 0.15) is 21.3 Å². The predicted octanol–water partition coefficient (Wildman–Crippen LogP) is 3.87. The van der Waals surface area contributed by atoms with Crippen molar-refractivity contribution in [3.8, 4) is 0 Å². The molecule has 6 heteroatoms. The van der Waals surface area contributed by atoms with Gasteiger partial charge >= 0.3 is 0 Å². The van der Waals surface area contributed by atoms with Crippen LogP contribution in [0.15, 0.2) is 24.4 Å². The van der Waals surface area contributed by atoms with Crippen LogP contribution in [0.1, 0.15) is 16.7 Å². The van der Waals surface area contributed by atoms with E-state index in [9.17, 15) is 9.50 Å². The molecule has 0 bridgehead atoms. The molecule has 0 saturated carbocycles.